The largest absolute Gasteiger partial charge is 0.460 e. The lowest BCUT2D eigenvalue weighted by Gasteiger charge is -2.42. The zero-order chi connectivity index (χ0) is 18.5. The molecule has 2 atom stereocenters. The molecule has 3 heteroatoms. The molecule has 0 spiro atoms. The van der Waals surface area contributed by atoms with Gasteiger partial charge in [0.2, 0.25) is 0 Å². The summed E-state index contributed by atoms with van der Waals surface area (Å²) in [7, 11) is 0. The van der Waals surface area contributed by atoms with Gasteiger partial charge < -0.3 is 9.84 Å². The Bertz CT molecular complexity index is 525. The molecule has 0 fully saturated rings. The van der Waals surface area contributed by atoms with E-state index in [0.717, 1.165) is 24.0 Å². The van der Waals surface area contributed by atoms with E-state index in [1.807, 2.05) is 31.2 Å². The third-order valence-electron chi connectivity index (χ3n) is 5.43. The lowest BCUT2D eigenvalue weighted by molar-refractivity contribution is -0.167. The fourth-order valence-electron chi connectivity index (χ4n) is 2.98. The topological polar surface area (TPSA) is 46.5 Å². The standard InChI is InChI=1S/C21H34O3/c1-8-9-18(22)17-12-10-16(11-13-17)14-24-19(23)21(7,15(2)3)20(4,5)6/h10-13,15,18,22H,8-9,14H2,1-7H3. The molecule has 1 aromatic rings. The summed E-state index contributed by atoms with van der Waals surface area (Å²) in [6.07, 6.45) is 1.28. The summed E-state index contributed by atoms with van der Waals surface area (Å²) in [6.45, 7) is 14.7. The van der Waals surface area contributed by atoms with Crippen LogP contribution in [-0.2, 0) is 16.1 Å². The first-order valence-corrected chi connectivity index (χ1v) is 8.98. The maximum atomic E-state index is 12.7. The molecule has 0 aliphatic rings. The molecule has 1 N–H and O–H groups in total. The molecule has 0 heterocycles. The fourth-order valence-corrected chi connectivity index (χ4v) is 2.98. The number of hydrogen-bond acceptors (Lipinski definition) is 3. The van der Waals surface area contributed by atoms with Crippen molar-refractivity contribution in [1.82, 2.24) is 0 Å². The molecular weight excluding hydrogens is 300 g/mol. The predicted octanol–water partition coefficient (Wildman–Crippen LogP) is 5.27. The summed E-state index contributed by atoms with van der Waals surface area (Å²) in [5.74, 6) is 0.0386. The van der Waals surface area contributed by atoms with Gasteiger partial charge in [0, 0.05) is 0 Å². The van der Waals surface area contributed by atoms with Gasteiger partial charge in [0.1, 0.15) is 6.61 Å². The summed E-state index contributed by atoms with van der Waals surface area (Å²) in [5.41, 5.74) is 1.14. The van der Waals surface area contributed by atoms with Gasteiger partial charge in [0.05, 0.1) is 11.5 Å². The summed E-state index contributed by atoms with van der Waals surface area (Å²) < 4.78 is 5.63. The van der Waals surface area contributed by atoms with Crippen LogP contribution in [-0.4, -0.2) is 11.1 Å². The van der Waals surface area contributed by atoms with Crippen molar-refractivity contribution in [1.29, 1.82) is 0 Å². The van der Waals surface area contributed by atoms with Crippen LogP contribution in [0.3, 0.4) is 0 Å². The molecule has 0 aliphatic carbocycles. The minimum Gasteiger partial charge on any atom is -0.460 e. The highest BCUT2D eigenvalue weighted by Crippen LogP contribution is 2.45. The third kappa shape index (κ3) is 4.60. The van der Waals surface area contributed by atoms with Crippen molar-refractivity contribution in [3.05, 3.63) is 35.4 Å². The van der Waals surface area contributed by atoms with Crippen LogP contribution in [0.2, 0.25) is 0 Å². The number of rotatable bonds is 7. The van der Waals surface area contributed by atoms with Gasteiger partial charge in [0.15, 0.2) is 0 Å². The molecule has 136 valence electrons. The second kappa shape index (κ2) is 8.15. The lowest BCUT2D eigenvalue weighted by Crippen LogP contribution is -2.45. The average molecular weight is 335 g/mol. The predicted molar refractivity (Wildman–Crippen MR) is 98.5 cm³/mol. The van der Waals surface area contributed by atoms with Crippen molar-refractivity contribution in [2.75, 3.05) is 0 Å². The van der Waals surface area contributed by atoms with E-state index in [0.29, 0.717) is 0 Å². The van der Waals surface area contributed by atoms with E-state index in [1.165, 1.54) is 0 Å². The van der Waals surface area contributed by atoms with E-state index < -0.39 is 11.5 Å². The monoisotopic (exact) mass is 334 g/mol. The maximum Gasteiger partial charge on any atom is 0.312 e. The zero-order valence-corrected chi connectivity index (χ0v) is 16.3. The molecule has 2 unspecified atom stereocenters. The van der Waals surface area contributed by atoms with Gasteiger partial charge in [-0.05, 0) is 35.8 Å². The molecule has 1 rings (SSSR count). The number of carbonyl (C=O) groups excluding carboxylic acids is 1. The van der Waals surface area contributed by atoms with Gasteiger partial charge in [-0.3, -0.25) is 4.79 Å². The number of carbonyl (C=O) groups is 1. The molecule has 3 nitrogen and oxygen atoms in total. The smallest absolute Gasteiger partial charge is 0.312 e. The summed E-state index contributed by atoms with van der Waals surface area (Å²) in [5, 5.41) is 10.0. The Morgan fingerprint density at radius 3 is 2.08 bits per heavy atom. The number of benzene rings is 1. The number of ether oxygens (including phenoxy) is 1. The highest BCUT2D eigenvalue weighted by Gasteiger charge is 2.47. The van der Waals surface area contributed by atoms with E-state index in [-0.39, 0.29) is 23.9 Å². The first-order chi connectivity index (χ1) is 11.0. The molecule has 24 heavy (non-hydrogen) atoms. The zero-order valence-electron chi connectivity index (χ0n) is 16.3. The molecule has 0 radical (unpaired) electrons. The Morgan fingerprint density at radius 1 is 1.12 bits per heavy atom. The third-order valence-corrected chi connectivity index (χ3v) is 5.43. The van der Waals surface area contributed by atoms with Crippen LogP contribution >= 0.6 is 0 Å². The Morgan fingerprint density at radius 2 is 1.67 bits per heavy atom. The number of aliphatic hydroxyl groups is 1. The molecular formula is C21H34O3. The van der Waals surface area contributed by atoms with Crippen molar-refractivity contribution in [3.8, 4) is 0 Å². The first kappa shape index (κ1) is 20.7. The van der Waals surface area contributed by atoms with Crippen molar-refractivity contribution < 1.29 is 14.6 Å². The Balaban J connectivity index is 2.76. The second-order valence-electron chi connectivity index (χ2n) is 8.23. The first-order valence-electron chi connectivity index (χ1n) is 8.98. The molecule has 0 amide bonds. The van der Waals surface area contributed by atoms with Gasteiger partial charge >= 0.3 is 5.97 Å². The van der Waals surface area contributed by atoms with Crippen LogP contribution in [0.15, 0.2) is 24.3 Å². The van der Waals surface area contributed by atoms with E-state index in [1.54, 1.807) is 0 Å². The summed E-state index contributed by atoms with van der Waals surface area (Å²) in [4.78, 5) is 12.7. The van der Waals surface area contributed by atoms with Crippen LogP contribution in [0, 0.1) is 16.7 Å². The Labute approximate surface area is 147 Å². The minimum absolute atomic E-state index is 0.153. The summed E-state index contributed by atoms with van der Waals surface area (Å²) >= 11 is 0. The average Bonchev–Trinajstić information content (AvgIpc) is 2.51. The Hall–Kier alpha value is -1.35. The van der Waals surface area contributed by atoms with Gasteiger partial charge in [-0.1, -0.05) is 72.2 Å². The van der Waals surface area contributed by atoms with Gasteiger partial charge in [0.25, 0.3) is 0 Å². The Kier molecular flexibility index (Phi) is 7.03. The summed E-state index contributed by atoms with van der Waals surface area (Å²) in [6, 6.07) is 7.67. The van der Waals surface area contributed by atoms with E-state index >= 15 is 0 Å². The van der Waals surface area contributed by atoms with Crippen LogP contribution in [0.5, 0.6) is 0 Å². The van der Waals surface area contributed by atoms with Crippen molar-refractivity contribution in [2.24, 2.45) is 16.7 Å². The molecule has 0 aliphatic heterocycles. The molecule has 0 bridgehead atoms. The van der Waals surface area contributed by atoms with E-state index in [9.17, 15) is 9.90 Å². The highest BCUT2D eigenvalue weighted by molar-refractivity contribution is 5.77. The minimum atomic E-state index is -0.537. The maximum absolute atomic E-state index is 12.7. The van der Waals surface area contributed by atoms with Gasteiger partial charge in [-0.15, -0.1) is 0 Å². The second-order valence-corrected chi connectivity index (χ2v) is 8.23. The SMILES string of the molecule is CCCC(O)c1ccc(COC(=O)C(C)(C(C)C)C(C)(C)C)cc1. The number of aliphatic hydroxyl groups excluding tert-OH is 1. The number of hydrogen-bond donors (Lipinski definition) is 1. The van der Waals surface area contributed by atoms with Crippen LogP contribution < -0.4 is 0 Å². The van der Waals surface area contributed by atoms with E-state index in [2.05, 4.69) is 41.5 Å². The van der Waals surface area contributed by atoms with Crippen LogP contribution in [0.25, 0.3) is 0 Å². The number of esters is 1. The van der Waals surface area contributed by atoms with Crippen molar-refractivity contribution in [3.63, 3.8) is 0 Å². The molecule has 1 aromatic carbocycles. The normalized spacial score (nSPS) is 15.9. The fraction of sp³-hybridized carbons (Fsp3) is 0.667. The lowest BCUT2D eigenvalue weighted by atomic mass is 9.62. The van der Waals surface area contributed by atoms with E-state index in [4.69, 9.17) is 4.74 Å². The molecule has 0 saturated carbocycles. The molecule has 0 aromatic heterocycles. The van der Waals surface area contributed by atoms with Crippen molar-refractivity contribution >= 4 is 5.97 Å². The van der Waals surface area contributed by atoms with Crippen LogP contribution in [0.1, 0.15) is 78.5 Å². The molecule has 0 saturated heterocycles. The van der Waals surface area contributed by atoms with Crippen molar-refractivity contribution in [2.45, 2.75) is 74.0 Å². The highest BCUT2D eigenvalue weighted by atomic mass is 16.5. The quantitative estimate of drug-likeness (QED) is 0.691. The van der Waals surface area contributed by atoms with Crippen LogP contribution in [0.4, 0.5) is 0 Å². The van der Waals surface area contributed by atoms with Gasteiger partial charge in [-0.25, -0.2) is 0 Å². The van der Waals surface area contributed by atoms with Gasteiger partial charge in [-0.2, -0.15) is 0 Å².